The molecule has 0 aliphatic heterocycles. The van der Waals surface area contributed by atoms with Gasteiger partial charge < -0.3 is 15.4 Å². The molecule has 2 N–H and O–H groups in total. The molecule has 0 fully saturated rings. The van der Waals surface area contributed by atoms with Crippen LogP contribution < -0.4 is 10.5 Å². The van der Waals surface area contributed by atoms with E-state index in [2.05, 4.69) is 0 Å². The van der Waals surface area contributed by atoms with Gasteiger partial charge in [0.2, 0.25) is 0 Å². The minimum absolute atomic E-state index is 0. The summed E-state index contributed by atoms with van der Waals surface area (Å²) in [5.74, 6) is 0.690. The highest BCUT2D eigenvalue weighted by molar-refractivity contribution is 5.85. The lowest BCUT2D eigenvalue weighted by Crippen LogP contribution is -2.42. The molecule has 0 aliphatic carbocycles. The van der Waals surface area contributed by atoms with Gasteiger partial charge >= 0.3 is 0 Å². The fourth-order valence-corrected chi connectivity index (χ4v) is 1.61. The second-order valence-corrected chi connectivity index (χ2v) is 4.65. The largest absolute Gasteiger partial charge is 0.484 e. The van der Waals surface area contributed by atoms with Crippen molar-refractivity contribution < 1.29 is 9.53 Å². The molecule has 1 aromatic carbocycles. The molecular weight excluding hydrogens is 264 g/mol. The van der Waals surface area contributed by atoms with E-state index in [0.29, 0.717) is 6.54 Å². The number of carbonyl (C=O) groups is 1. The topological polar surface area (TPSA) is 55.6 Å². The number of benzene rings is 1. The Balaban J connectivity index is 0.00000324. The van der Waals surface area contributed by atoms with Crippen molar-refractivity contribution in [2.45, 2.75) is 26.8 Å². The predicted molar refractivity (Wildman–Crippen MR) is 79.9 cm³/mol. The average molecular weight is 287 g/mol. The lowest BCUT2D eigenvalue weighted by Gasteiger charge is -2.23. The Labute approximate surface area is 121 Å². The quantitative estimate of drug-likeness (QED) is 0.900. The summed E-state index contributed by atoms with van der Waals surface area (Å²) in [4.78, 5) is 13.5. The molecule has 0 spiro atoms. The van der Waals surface area contributed by atoms with Gasteiger partial charge in [-0.25, -0.2) is 0 Å². The van der Waals surface area contributed by atoms with Gasteiger partial charge in [-0.05, 0) is 32.4 Å². The van der Waals surface area contributed by atoms with Crippen LogP contribution in [0, 0.1) is 13.8 Å². The van der Waals surface area contributed by atoms with E-state index in [1.807, 2.05) is 39.0 Å². The molecule has 0 aliphatic rings. The molecule has 108 valence electrons. The number of hydrogen-bond acceptors (Lipinski definition) is 3. The molecule has 0 saturated heterocycles. The Bertz CT molecular complexity index is 424. The van der Waals surface area contributed by atoms with Gasteiger partial charge in [-0.3, -0.25) is 4.79 Å². The first kappa shape index (κ1) is 17.7. The minimum Gasteiger partial charge on any atom is -0.484 e. The number of hydrogen-bond donors (Lipinski definition) is 1. The summed E-state index contributed by atoms with van der Waals surface area (Å²) in [5, 5.41) is 0. The van der Waals surface area contributed by atoms with Gasteiger partial charge in [-0.1, -0.05) is 17.7 Å². The zero-order valence-corrected chi connectivity index (χ0v) is 12.8. The monoisotopic (exact) mass is 286 g/mol. The molecule has 0 aromatic heterocycles. The maximum atomic E-state index is 11.8. The standard InChI is InChI=1S/C14H22N2O2.ClH/c1-10-5-6-13(11(2)7-10)18-9-14(17)16(4)12(3)8-15;/h5-7,12H,8-9,15H2,1-4H3;1H. The van der Waals surface area contributed by atoms with E-state index < -0.39 is 0 Å². The van der Waals surface area contributed by atoms with Crippen LogP contribution in [0.3, 0.4) is 0 Å². The first-order chi connectivity index (χ1) is 8.45. The van der Waals surface area contributed by atoms with Crippen LogP contribution in [0.2, 0.25) is 0 Å². The van der Waals surface area contributed by atoms with Crippen molar-refractivity contribution in [1.29, 1.82) is 0 Å². The summed E-state index contributed by atoms with van der Waals surface area (Å²) in [5.41, 5.74) is 7.74. The molecule has 0 saturated carbocycles. The van der Waals surface area contributed by atoms with Crippen LogP contribution in [0.5, 0.6) is 5.75 Å². The Morgan fingerprint density at radius 3 is 2.58 bits per heavy atom. The van der Waals surface area contributed by atoms with Gasteiger partial charge in [0.15, 0.2) is 6.61 Å². The van der Waals surface area contributed by atoms with E-state index in [4.69, 9.17) is 10.5 Å². The van der Waals surface area contributed by atoms with Crippen LogP contribution in [0.1, 0.15) is 18.1 Å². The Kier molecular flexibility index (Phi) is 7.49. The number of nitrogens with two attached hydrogens (primary N) is 1. The van der Waals surface area contributed by atoms with E-state index in [9.17, 15) is 4.79 Å². The van der Waals surface area contributed by atoms with Gasteiger partial charge in [-0.2, -0.15) is 0 Å². The molecule has 0 bridgehead atoms. The number of nitrogens with zero attached hydrogens (tertiary/aromatic N) is 1. The normalized spacial score (nSPS) is 11.4. The number of likely N-dealkylation sites (N-methyl/N-ethyl adjacent to an activating group) is 1. The summed E-state index contributed by atoms with van der Waals surface area (Å²) >= 11 is 0. The average Bonchev–Trinajstić information content (AvgIpc) is 2.35. The van der Waals surface area contributed by atoms with E-state index in [0.717, 1.165) is 11.3 Å². The van der Waals surface area contributed by atoms with Gasteiger partial charge in [0.25, 0.3) is 5.91 Å². The fourth-order valence-electron chi connectivity index (χ4n) is 1.61. The number of ether oxygens (including phenoxy) is 1. The molecule has 1 unspecified atom stereocenters. The van der Waals surface area contributed by atoms with Crippen molar-refractivity contribution in [1.82, 2.24) is 4.90 Å². The lowest BCUT2D eigenvalue weighted by molar-refractivity contribution is -0.133. The van der Waals surface area contributed by atoms with Crippen molar-refractivity contribution >= 4 is 18.3 Å². The predicted octanol–water partition coefficient (Wildman–Crippen LogP) is 1.91. The summed E-state index contributed by atoms with van der Waals surface area (Å²) < 4.78 is 5.54. The summed E-state index contributed by atoms with van der Waals surface area (Å²) in [6, 6.07) is 5.93. The highest BCUT2D eigenvalue weighted by atomic mass is 35.5. The number of aryl methyl sites for hydroxylation is 2. The molecule has 1 rings (SSSR count). The van der Waals surface area contributed by atoms with E-state index >= 15 is 0 Å². The third-order valence-electron chi connectivity index (χ3n) is 3.08. The van der Waals surface area contributed by atoms with Crippen LogP contribution in [0.25, 0.3) is 0 Å². The van der Waals surface area contributed by atoms with Crippen LogP contribution in [-0.2, 0) is 4.79 Å². The molecule has 1 atom stereocenters. The zero-order valence-electron chi connectivity index (χ0n) is 12.0. The van der Waals surface area contributed by atoms with Gasteiger partial charge in [-0.15, -0.1) is 12.4 Å². The van der Waals surface area contributed by atoms with Gasteiger partial charge in [0.05, 0.1) is 0 Å². The molecule has 19 heavy (non-hydrogen) atoms. The second kappa shape index (κ2) is 8.02. The van der Waals surface area contributed by atoms with Crippen LogP contribution in [0.15, 0.2) is 18.2 Å². The molecule has 1 amide bonds. The Hall–Kier alpha value is -1.26. The first-order valence-corrected chi connectivity index (χ1v) is 6.11. The van der Waals surface area contributed by atoms with Crippen molar-refractivity contribution in [3.63, 3.8) is 0 Å². The third-order valence-corrected chi connectivity index (χ3v) is 3.08. The maximum absolute atomic E-state index is 11.8. The van der Waals surface area contributed by atoms with E-state index in [1.54, 1.807) is 11.9 Å². The third kappa shape index (κ3) is 5.09. The second-order valence-electron chi connectivity index (χ2n) is 4.65. The molecule has 5 heteroatoms. The van der Waals surface area contributed by atoms with Crippen LogP contribution in [-0.4, -0.2) is 37.0 Å². The molecule has 0 heterocycles. The highest BCUT2D eigenvalue weighted by Crippen LogP contribution is 2.18. The summed E-state index contributed by atoms with van der Waals surface area (Å²) in [6.07, 6.45) is 0. The Morgan fingerprint density at radius 2 is 2.05 bits per heavy atom. The van der Waals surface area contributed by atoms with Crippen LogP contribution in [0.4, 0.5) is 0 Å². The smallest absolute Gasteiger partial charge is 0.260 e. The fraction of sp³-hybridized carbons (Fsp3) is 0.500. The maximum Gasteiger partial charge on any atom is 0.260 e. The summed E-state index contributed by atoms with van der Waals surface area (Å²) in [6.45, 7) is 6.41. The zero-order chi connectivity index (χ0) is 13.7. The van der Waals surface area contributed by atoms with Crippen molar-refractivity contribution in [2.24, 2.45) is 5.73 Å². The lowest BCUT2D eigenvalue weighted by atomic mass is 10.1. The highest BCUT2D eigenvalue weighted by Gasteiger charge is 2.15. The van der Waals surface area contributed by atoms with Crippen molar-refractivity contribution in [2.75, 3.05) is 20.2 Å². The number of carbonyl (C=O) groups excluding carboxylic acids is 1. The SMILES string of the molecule is Cc1ccc(OCC(=O)N(C)C(C)CN)c(C)c1.Cl. The van der Waals surface area contributed by atoms with Gasteiger partial charge in [0.1, 0.15) is 5.75 Å². The molecule has 0 radical (unpaired) electrons. The first-order valence-electron chi connectivity index (χ1n) is 6.11. The van der Waals surface area contributed by atoms with Gasteiger partial charge in [0, 0.05) is 19.6 Å². The minimum atomic E-state index is -0.0621. The summed E-state index contributed by atoms with van der Waals surface area (Å²) in [7, 11) is 1.74. The van der Waals surface area contributed by atoms with E-state index in [1.165, 1.54) is 5.56 Å². The molecule has 1 aromatic rings. The van der Waals surface area contributed by atoms with Crippen molar-refractivity contribution in [3.05, 3.63) is 29.3 Å². The molecule has 4 nitrogen and oxygen atoms in total. The Morgan fingerprint density at radius 1 is 1.42 bits per heavy atom. The van der Waals surface area contributed by atoms with Crippen LogP contribution >= 0.6 is 12.4 Å². The molecular formula is C14H23ClN2O2. The van der Waals surface area contributed by atoms with E-state index in [-0.39, 0.29) is 31.0 Å². The van der Waals surface area contributed by atoms with Crippen molar-refractivity contribution in [3.8, 4) is 5.75 Å². The number of halogens is 1. The number of rotatable bonds is 5. The number of amides is 1.